The number of benzene rings is 1. The molecule has 2 aliphatic rings. The number of hydrogen-bond acceptors (Lipinski definition) is 6. The van der Waals surface area contributed by atoms with Crippen molar-refractivity contribution in [2.24, 2.45) is 0 Å². The number of rotatable bonds is 11. The average Bonchev–Trinajstić information content (AvgIpc) is 3.20. The van der Waals surface area contributed by atoms with E-state index >= 15 is 0 Å². The zero-order valence-electron chi connectivity index (χ0n) is 24.2. The van der Waals surface area contributed by atoms with E-state index in [1.54, 1.807) is 13.3 Å². The second kappa shape index (κ2) is 13.7. The number of anilines is 1. The summed E-state index contributed by atoms with van der Waals surface area (Å²) >= 11 is 0. The van der Waals surface area contributed by atoms with Gasteiger partial charge in [-0.1, -0.05) is 19.8 Å². The van der Waals surface area contributed by atoms with Crippen molar-refractivity contribution in [3.05, 3.63) is 48.3 Å². The van der Waals surface area contributed by atoms with E-state index in [1.807, 2.05) is 55.8 Å². The minimum atomic E-state index is -0.0405. The van der Waals surface area contributed by atoms with Crippen LogP contribution in [0.4, 0.5) is 10.5 Å². The van der Waals surface area contributed by atoms with Crippen LogP contribution in [0.1, 0.15) is 44.6 Å². The van der Waals surface area contributed by atoms with E-state index in [9.17, 15) is 9.59 Å². The van der Waals surface area contributed by atoms with Crippen LogP contribution in [-0.4, -0.2) is 84.4 Å². The third kappa shape index (κ3) is 6.75. The maximum Gasteiger partial charge on any atom is 0.324 e. The van der Waals surface area contributed by atoms with Gasteiger partial charge < -0.3 is 28.6 Å². The van der Waals surface area contributed by atoms with E-state index in [0.29, 0.717) is 64.0 Å². The molecule has 0 atom stereocenters. The lowest BCUT2D eigenvalue weighted by molar-refractivity contribution is -0.131. The molecule has 4 heterocycles. The molecule has 41 heavy (non-hydrogen) atoms. The highest BCUT2D eigenvalue weighted by Crippen LogP contribution is 2.33. The van der Waals surface area contributed by atoms with E-state index in [2.05, 4.69) is 11.9 Å². The monoisotopic (exact) mass is 563 g/mol. The third-order valence-electron chi connectivity index (χ3n) is 7.77. The van der Waals surface area contributed by atoms with Crippen LogP contribution in [0.15, 0.2) is 42.7 Å². The summed E-state index contributed by atoms with van der Waals surface area (Å²) in [5.41, 5.74) is 2.56. The van der Waals surface area contributed by atoms with Crippen molar-refractivity contribution in [3.63, 3.8) is 0 Å². The molecule has 10 heteroatoms. The number of nitrogens with zero attached hydrogens (tertiary/aromatic N) is 5. The molecule has 0 spiro atoms. The molecule has 0 radical (unpaired) electrons. The number of aromatic nitrogens is 2. The first-order valence-corrected chi connectivity index (χ1v) is 14.7. The van der Waals surface area contributed by atoms with Crippen molar-refractivity contribution in [1.29, 1.82) is 0 Å². The molecule has 0 unspecified atom stereocenters. The second-order valence-electron chi connectivity index (χ2n) is 10.6. The van der Waals surface area contributed by atoms with E-state index in [1.165, 1.54) is 0 Å². The first-order valence-electron chi connectivity index (χ1n) is 14.7. The number of hydrogen-bond donors (Lipinski definition) is 0. The molecule has 2 aliphatic heterocycles. The van der Waals surface area contributed by atoms with Gasteiger partial charge in [0, 0.05) is 68.9 Å². The normalized spacial score (nSPS) is 16.2. The first kappa shape index (κ1) is 28.7. The van der Waals surface area contributed by atoms with E-state index < -0.39 is 0 Å². The second-order valence-corrected chi connectivity index (χ2v) is 10.6. The highest BCUT2D eigenvalue weighted by Gasteiger charge is 2.28. The summed E-state index contributed by atoms with van der Waals surface area (Å²) in [6.45, 7) is 7.39. The summed E-state index contributed by atoms with van der Waals surface area (Å²) in [6, 6.07) is 9.60. The van der Waals surface area contributed by atoms with Gasteiger partial charge in [0.05, 0.1) is 20.3 Å². The van der Waals surface area contributed by atoms with Crippen LogP contribution in [0, 0.1) is 0 Å². The molecule has 0 saturated carbocycles. The summed E-state index contributed by atoms with van der Waals surface area (Å²) in [6.07, 6.45) is 8.59. The average molecular weight is 564 g/mol. The molecule has 2 saturated heterocycles. The molecule has 2 aromatic heterocycles. The lowest BCUT2D eigenvalue weighted by Crippen LogP contribution is -2.49. The van der Waals surface area contributed by atoms with Crippen LogP contribution in [-0.2, 0) is 22.6 Å². The number of fused-ring (bicyclic) bond motifs is 1. The maximum atomic E-state index is 13.7. The lowest BCUT2D eigenvalue weighted by atomic mass is 10.1. The largest absolute Gasteiger partial charge is 0.493 e. The van der Waals surface area contributed by atoms with Crippen LogP contribution in [0.25, 0.3) is 11.0 Å². The Hall–Kier alpha value is -3.79. The van der Waals surface area contributed by atoms with Gasteiger partial charge in [-0.25, -0.2) is 9.78 Å². The Morgan fingerprint density at radius 2 is 1.93 bits per heavy atom. The van der Waals surface area contributed by atoms with Crippen LogP contribution >= 0.6 is 0 Å². The molecular formula is C31H41N5O5. The molecule has 5 rings (SSSR count). The predicted octanol–water partition coefficient (Wildman–Crippen LogP) is 4.70. The Labute approximate surface area is 241 Å². The molecule has 2 fully saturated rings. The summed E-state index contributed by atoms with van der Waals surface area (Å²) in [4.78, 5) is 36.8. The fraction of sp³-hybridized carbons (Fsp3) is 0.516. The van der Waals surface area contributed by atoms with Crippen molar-refractivity contribution >= 4 is 28.7 Å². The number of amides is 3. The Morgan fingerprint density at radius 3 is 2.78 bits per heavy atom. The third-order valence-corrected chi connectivity index (χ3v) is 7.77. The Morgan fingerprint density at radius 1 is 1.02 bits per heavy atom. The molecule has 1 aromatic carbocycles. The quantitative estimate of drug-likeness (QED) is 0.315. The zero-order valence-corrected chi connectivity index (χ0v) is 24.2. The smallest absolute Gasteiger partial charge is 0.324 e. The number of methoxy groups -OCH3 is 1. The number of pyridine rings is 1. The van der Waals surface area contributed by atoms with Crippen molar-refractivity contribution in [3.8, 4) is 11.5 Å². The van der Waals surface area contributed by atoms with E-state index in [-0.39, 0.29) is 18.5 Å². The van der Waals surface area contributed by atoms with Crippen molar-refractivity contribution in [2.45, 2.75) is 52.1 Å². The maximum absolute atomic E-state index is 13.7. The van der Waals surface area contributed by atoms with Crippen molar-refractivity contribution < 1.29 is 23.8 Å². The highest BCUT2D eigenvalue weighted by molar-refractivity contribution is 5.93. The van der Waals surface area contributed by atoms with Crippen LogP contribution in [0.5, 0.6) is 11.5 Å². The summed E-state index contributed by atoms with van der Waals surface area (Å²) in [5.74, 6) is 1.39. The van der Waals surface area contributed by atoms with Gasteiger partial charge in [-0.15, -0.1) is 0 Å². The lowest BCUT2D eigenvalue weighted by Gasteiger charge is -2.36. The van der Waals surface area contributed by atoms with Crippen LogP contribution in [0.3, 0.4) is 0 Å². The van der Waals surface area contributed by atoms with Crippen molar-refractivity contribution in [1.82, 2.24) is 19.4 Å². The van der Waals surface area contributed by atoms with Gasteiger partial charge in [0.1, 0.15) is 12.2 Å². The van der Waals surface area contributed by atoms with E-state index in [0.717, 1.165) is 54.4 Å². The number of ether oxygens (including phenoxy) is 3. The van der Waals surface area contributed by atoms with Gasteiger partial charge in [-0.05, 0) is 49.1 Å². The SMILES string of the molecule is CCCCCOc1cc(N2CCCN(Cc3ccnc4c3ccn4CC(=O)N3CCCOCC3)C2=O)ccc1OC. The number of urea groups is 1. The van der Waals surface area contributed by atoms with Gasteiger partial charge in [-0.2, -0.15) is 0 Å². The molecule has 10 nitrogen and oxygen atoms in total. The Balaban J connectivity index is 1.29. The van der Waals surface area contributed by atoms with E-state index in [4.69, 9.17) is 14.2 Å². The minimum Gasteiger partial charge on any atom is -0.493 e. The number of carbonyl (C=O) groups excluding carboxylic acids is 2. The fourth-order valence-electron chi connectivity index (χ4n) is 5.51. The molecule has 220 valence electrons. The number of carbonyl (C=O) groups is 2. The topological polar surface area (TPSA) is 89.4 Å². The van der Waals surface area contributed by atoms with Crippen LogP contribution < -0.4 is 14.4 Å². The van der Waals surface area contributed by atoms with Crippen molar-refractivity contribution in [2.75, 3.05) is 58.0 Å². The molecule has 0 aliphatic carbocycles. The van der Waals surface area contributed by atoms with Gasteiger partial charge in [0.25, 0.3) is 0 Å². The molecule has 0 N–H and O–H groups in total. The summed E-state index contributed by atoms with van der Waals surface area (Å²) < 4.78 is 18.9. The predicted molar refractivity (Wildman–Crippen MR) is 158 cm³/mol. The zero-order chi connectivity index (χ0) is 28.6. The molecule has 3 aromatic rings. The minimum absolute atomic E-state index is 0.0405. The van der Waals surface area contributed by atoms with Gasteiger partial charge >= 0.3 is 6.03 Å². The highest BCUT2D eigenvalue weighted by atomic mass is 16.5. The number of unbranched alkanes of at least 4 members (excludes halogenated alkanes) is 2. The first-order chi connectivity index (χ1) is 20.1. The molecule has 0 bridgehead atoms. The van der Waals surface area contributed by atoms with Gasteiger partial charge in [0.2, 0.25) is 5.91 Å². The Bertz CT molecular complexity index is 1330. The van der Waals surface area contributed by atoms with Gasteiger partial charge in [-0.3, -0.25) is 9.69 Å². The molecule has 3 amide bonds. The van der Waals surface area contributed by atoms with Crippen LogP contribution in [0.2, 0.25) is 0 Å². The van der Waals surface area contributed by atoms with Gasteiger partial charge in [0.15, 0.2) is 11.5 Å². The molecular weight excluding hydrogens is 522 g/mol. The standard InChI is InChI=1S/C31H41N5O5/c1-3-4-5-19-41-28-21-25(8-9-27(28)39-2)36-15-6-13-35(31(36)38)22-24-10-12-32-30-26(24)11-16-34(30)23-29(37)33-14-7-18-40-20-17-33/h8-12,16,21H,3-7,13-15,17-20,22-23H2,1-2H3. The summed E-state index contributed by atoms with van der Waals surface area (Å²) in [7, 11) is 1.63. The fourth-order valence-corrected chi connectivity index (χ4v) is 5.51. The summed E-state index contributed by atoms with van der Waals surface area (Å²) in [5, 5.41) is 0.955. The Kier molecular flexibility index (Phi) is 9.61.